The summed E-state index contributed by atoms with van der Waals surface area (Å²) in [5, 5.41) is 5.10. The number of nitrogens with zero attached hydrogens (tertiary/aromatic N) is 1. The average molecular weight is 397 g/mol. The Balaban J connectivity index is 1.55. The minimum Gasteiger partial charge on any atom is -0.375 e. The van der Waals surface area contributed by atoms with Crippen molar-refractivity contribution in [3.63, 3.8) is 0 Å². The molecule has 1 unspecified atom stereocenters. The second kappa shape index (κ2) is 8.89. The molecule has 4 rings (SSSR count). The third-order valence-corrected chi connectivity index (χ3v) is 5.73. The van der Waals surface area contributed by atoms with Crippen molar-refractivity contribution in [1.82, 2.24) is 10.3 Å². The first kappa shape index (κ1) is 18.5. The molecule has 0 aliphatic carbocycles. The van der Waals surface area contributed by atoms with Crippen LogP contribution >= 0.6 is 23.4 Å². The van der Waals surface area contributed by atoms with E-state index in [0.717, 1.165) is 47.3 Å². The van der Waals surface area contributed by atoms with Crippen molar-refractivity contribution in [2.24, 2.45) is 0 Å². The minimum absolute atomic E-state index is 0.246. The Bertz CT molecular complexity index is 912. The van der Waals surface area contributed by atoms with Crippen LogP contribution in [-0.4, -0.2) is 30.8 Å². The Morgan fingerprint density at radius 3 is 2.89 bits per heavy atom. The van der Waals surface area contributed by atoms with Gasteiger partial charge in [-0.15, -0.1) is 0 Å². The van der Waals surface area contributed by atoms with E-state index in [0.29, 0.717) is 0 Å². The molecule has 0 radical (unpaired) electrons. The van der Waals surface area contributed by atoms with E-state index >= 15 is 0 Å². The largest absolute Gasteiger partial charge is 0.375 e. The van der Waals surface area contributed by atoms with Crippen LogP contribution in [0.5, 0.6) is 0 Å². The molecule has 3 nitrogen and oxygen atoms in total. The molecule has 0 bridgehead atoms. The molecule has 1 aliphatic rings. The van der Waals surface area contributed by atoms with Gasteiger partial charge in [0.1, 0.15) is 5.03 Å². The van der Waals surface area contributed by atoms with E-state index in [1.165, 1.54) is 10.5 Å². The second-order valence-electron chi connectivity index (χ2n) is 6.52. The number of morpholine rings is 1. The molecule has 0 amide bonds. The SMILES string of the molecule is Clc1cccc(-c2cccnc2Sc2cccc(CC3CNCCO3)c2)c1. The lowest BCUT2D eigenvalue weighted by atomic mass is 10.1. The van der Waals surface area contributed by atoms with Gasteiger partial charge < -0.3 is 10.1 Å². The zero-order chi connectivity index (χ0) is 18.5. The van der Waals surface area contributed by atoms with E-state index in [1.54, 1.807) is 11.8 Å². The molecular formula is C22H21ClN2OS. The molecule has 2 heterocycles. The second-order valence-corrected chi connectivity index (χ2v) is 8.02. The summed E-state index contributed by atoms with van der Waals surface area (Å²) in [6.45, 7) is 2.64. The van der Waals surface area contributed by atoms with Crippen molar-refractivity contribution in [3.8, 4) is 11.1 Å². The Morgan fingerprint density at radius 2 is 2.04 bits per heavy atom. The summed E-state index contributed by atoms with van der Waals surface area (Å²) >= 11 is 7.86. The molecule has 1 saturated heterocycles. The summed E-state index contributed by atoms with van der Waals surface area (Å²) in [5.74, 6) is 0. The Labute approximate surface area is 169 Å². The summed E-state index contributed by atoms with van der Waals surface area (Å²) in [6, 6.07) is 20.6. The fraction of sp³-hybridized carbons (Fsp3) is 0.227. The number of ether oxygens (including phenoxy) is 1. The number of hydrogen-bond donors (Lipinski definition) is 1. The monoisotopic (exact) mass is 396 g/mol. The highest BCUT2D eigenvalue weighted by Gasteiger charge is 2.14. The van der Waals surface area contributed by atoms with Crippen LogP contribution in [-0.2, 0) is 11.2 Å². The Morgan fingerprint density at radius 1 is 1.11 bits per heavy atom. The van der Waals surface area contributed by atoms with Crippen molar-refractivity contribution in [2.45, 2.75) is 22.4 Å². The quantitative estimate of drug-likeness (QED) is 0.651. The molecule has 1 aromatic heterocycles. The minimum atomic E-state index is 0.246. The number of pyridine rings is 1. The third-order valence-electron chi connectivity index (χ3n) is 4.49. The molecule has 2 aromatic carbocycles. The van der Waals surface area contributed by atoms with Crippen molar-refractivity contribution in [1.29, 1.82) is 0 Å². The van der Waals surface area contributed by atoms with Crippen LogP contribution < -0.4 is 5.32 Å². The number of benzene rings is 2. The summed E-state index contributed by atoms with van der Waals surface area (Å²) < 4.78 is 5.83. The van der Waals surface area contributed by atoms with Gasteiger partial charge in [0.05, 0.1) is 12.7 Å². The number of hydrogen-bond acceptors (Lipinski definition) is 4. The van der Waals surface area contributed by atoms with E-state index in [-0.39, 0.29) is 6.10 Å². The summed E-state index contributed by atoms with van der Waals surface area (Å²) in [4.78, 5) is 5.79. The van der Waals surface area contributed by atoms with Crippen LogP contribution in [0.2, 0.25) is 5.02 Å². The van der Waals surface area contributed by atoms with Crippen LogP contribution in [0.15, 0.2) is 76.8 Å². The number of halogens is 1. The first-order valence-corrected chi connectivity index (χ1v) is 10.3. The predicted octanol–water partition coefficient (Wildman–Crippen LogP) is 5.08. The predicted molar refractivity (Wildman–Crippen MR) is 112 cm³/mol. The van der Waals surface area contributed by atoms with Crippen molar-refractivity contribution < 1.29 is 4.74 Å². The fourth-order valence-electron chi connectivity index (χ4n) is 3.21. The Kier molecular flexibility index (Phi) is 6.10. The number of aromatic nitrogens is 1. The maximum Gasteiger partial charge on any atom is 0.109 e. The van der Waals surface area contributed by atoms with Crippen LogP contribution in [0.4, 0.5) is 0 Å². The third kappa shape index (κ3) is 4.90. The van der Waals surface area contributed by atoms with Gasteiger partial charge in [0.15, 0.2) is 0 Å². The lowest BCUT2D eigenvalue weighted by Crippen LogP contribution is -2.39. The van der Waals surface area contributed by atoms with Crippen LogP contribution in [0.1, 0.15) is 5.56 Å². The van der Waals surface area contributed by atoms with E-state index in [1.807, 2.05) is 30.5 Å². The van der Waals surface area contributed by atoms with Gasteiger partial charge in [0.2, 0.25) is 0 Å². The van der Waals surface area contributed by atoms with Gasteiger partial charge in [-0.2, -0.15) is 0 Å². The molecule has 0 spiro atoms. The zero-order valence-corrected chi connectivity index (χ0v) is 16.5. The molecular weight excluding hydrogens is 376 g/mol. The fourth-order valence-corrected chi connectivity index (χ4v) is 4.39. The van der Waals surface area contributed by atoms with E-state index < -0.39 is 0 Å². The van der Waals surface area contributed by atoms with Gasteiger partial charge >= 0.3 is 0 Å². The van der Waals surface area contributed by atoms with Crippen molar-refractivity contribution >= 4 is 23.4 Å². The highest BCUT2D eigenvalue weighted by atomic mass is 35.5. The lowest BCUT2D eigenvalue weighted by Gasteiger charge is -2.23. The van der Waals surface area contributed by atoms with Gasteiger partial charge in [-0.05, 0) is 47.9 Å². The van der Waals surface area contributed by atoms with Crippen molar-refractivity contribution in [3.05, 3.63) is 77.4 Å². The molecule has 1 aliphatic heterocycles. The highest BCUT2D eigenvalue weighted by Crippen LogP contribution is 2.35. The first-order valence-electron chi connectivity index (χ1n) is 9.08. The van der Waals surface area contributed by atoms with E-state index in [2.05, 4.69) is 46.7 Å². The maximum atomic E-state index is 6.18. The zero-order valence-electron chi connectivity index (χ0n) is 14.9. The standard InChI is InChI=1S/C22H21ClN2OS/c23-18-6-2-5-17(14-18)21-8-3-9-25-22(21)27-20-7-1-4-16(13-20)12-19-15-24-10-11-26-19/h1-9,13-14,19,24H,10-12,15H2. The lowest BCUT2D eigenvalue weighted by molar-refractivity contribution is 0.0292. The maximum absolute atomic E-state index is 6.18. The summed E-state index contributed by atoms with van der Waals surface area (Å²) in [7, 11) is 0. The highest BCUT2D eigenvalue weighted by molar-refractivity contribution is 7.99. The molecule has 138 valence electrons. The normalized spacial score (nSPS) is 17.0. The number of rotatable bonds is 5. The average Bonchev–Trinajstić information content (AvgIpc) is 2.69. The molecule has 1 fully saturated rings. The number of nitrogens with one attached hydrogen (secondary N) is 1. The van der Waals surface area contributed by atoms with Gasteiger partial charge in [-0.1, -0.05) is 53.7 Å². The summed E-state index contributed by atoms with van der Waals surface area (Å²) in [5.41, 5.74) is 3.46. The van der Waals surface area contributed by atoms with Crippen LogP contribution in [0.3, 0.4) is 0 Å². The molecule has 27 heavy (non-hydrogen) atoms. The van der Waals surface area contributed by atoms with Crippen molar-refractivity contribution in [2.75, 3.05) is 19.7 Å². The molecule has 1 atom stereocenters. The molecule has 1 N–H and O–H groups in total. The Hall–Kier alpha value is -1.85. The van der Waals surface area contributed by atoms with E-state index in [9.17, 15) is 0 Å². The topological polar surface area (TPSA) is 34.2 Å². The van der Waals surface area contributed by atoms with Crippen LogP contribution in [0.25, 0.3) is 11.1 Å². The summed E-state index contributed by atoms with van der Waals surface area (Å²) in [6.07, 6.45) is 3.00. The van der Waals surface area contributed by atoms with E-state index in [4.69, 9.17) is 16.3 Å². The first-order chi connectivity index (χ1) is 13.3. The smallest absolute Gasteiger partial charge is 0.109 e. The van der Waals surface area contributed by atoms with Crippen LogP contribution in [0, 0.1) is 0 Å². The molecule has 3 aromatic rings. The van der Waals surface area contributed by atoms with Gasteiger partial charge in [-0.25, -0.2) is 4.98 Å². The van der Waals surface area contributed by atoms with Gasteiger partial charge in [-0.3, -0.25) is 0 Å². The molecule has 0 saturated carbocycles. The van der Waals surface area contributed by atoms with Gasteiger partial charge in [0.25, 0.3) is 0 Å². The molecule has 5 heteroatoms. The van der Waals surface area contributed by atoms with Gasteiger partial charge in [0, 0.05) is 34.8 Å².